The van der Waals surface area contributed by atoms with Gasteiger partial charge in [-0.25, -0.2) is 4.98 Å². The van der Waals surface area contributed by atoms with Crippen LogP contribution in [0.1, 0.15) is 36.8 Å². The smallest absolute Gasteiger partial charge is 0.202 e. The predicted octanol–water partition coefficient (Wildman–Crippen LogP) is 2.08. The first-order chi connectivity index (χ1) is 8.33. The van der Waals surface area contributed by atoms with Crippen LogP contribution < -0.4 is 5.32 Å². The Hall–Kier alpha value is -0.490. The van der Waals surface area contributed by atoms with Crippen LogP contribution in [0, 0.1) is 5.92 Å². The third-order valence-electron chi connectivity index (χ3n) is 3.34. The highest BCUT2D eigenvalue weighted by Crippen LogP contribution is 2.32. The largest absolute Gasteiger partial charge is 0.345 e. The van der Waals surface area contributed by atoms with E-state index in [0.29, 0.717) is 19.3 Å². The molecule has 1 N–H and O–H groups in total. The second-order valence-electron chi connectivity index (χ2n) is 4.75. The van der Waals surface area contributed by atoms with Gasteiger partial charge >= 0.3 is 0 Å². The van der Waals surface area contributed by atoms with Crippen molar-refractivity contribution >= 4 is 11.3 Å². The Morgan fingerprint density at radius 2 is 2.24 bits per heavy atom. The van der Waals surface area contributed by atoms with Crippen molar-refractivity contribution in [2.75, 3.05) is 13.2 Å². The van der Waals surface area contributed by atoms with Gasteiger partial charge in [-0.05, 0) is 25.7 Å². The zero-order chi connectivity index (χ0) is 11.7. The van der Waals surface area contributed by atoms with Gasteiger partial charge in [0.25, 0.3) is 0 Å². The van der Waals surface area contributed by atoms with Crippen molar-refractivity contribution in [2.24, 2.45) is 5.92 Å². The quantitative estimate of drug-likeness (QED) is 0.873. The summed E-state index contributed by atoms with van der Waals surface area (Å²) in [4.78, 5) is 4.55. The molecule has 0 unspecified atom stereocenters. The Morgan fingerprint density at radius 3 is 2.94 bits per heavy atom. The Morgan fingerprint density at radius 1 is 1.47 bits per heavy atom. The first-order valence-corrected chi connectivity index (χ1v) is 7.12. The summed E-state index contributed by atoms with van der Waals surface area (Å²) in [6.07, 6.45) is 2.52. The predicted molar refractivity (Wildman–Crippen MR) is 65.8 cm³/mol. The van der Waals surface area contributed by atoms with Gasteiger partial charge in [0.2, 0.25) is 6.29 Å². The van der Waals surface area contributed by atoms with Crippen LogP contribution in [0.2, 0.25) is 0 Å². The molecular weight excluding hydrogens is 236 g/mol. The van der Waals surface area contributed by atoms with Crippen LogP contribution in [0.4, 0.5) is 0 Å². The minimum absolute atomic E-state index is 0.235. The monoisotopic (exact) mass is 254 g/mol. The molecule has 2 aliphatic rings. The van der Waals surface area contributed by atoms with Crippen molar-refractivity contribution in [3.8, 4) is 0 Å². The van der Waals surface area contributed by atoms with E-state index in [4.69, 9.17) is 9.47 Å². The molecule has 0 radical (unpaired) electrons. The second kappa shape index (κ2) is 5.02. The molecule has 0 spiro atoms. The molecule has 0 aromatic carbocycles. The summed E-state index contributed by atoms with van der Waals surface area (Å²) < 4.78 is 10.9. The topological polar surface area (TPSA) is 43.4 Å². The Labute approximate surface area is 105 Å². The summed E-state index contributed by atoms with van der Waals surface area (Å²) >= 11 is 1.68. The SMILES string of the molecule is C[C@H](NCc1nc(C2OCCO2)cs1)C1CC1. The molecule has 1 aromatic rings. The lowest BCUT2D eigenvalue weighted by Crippen LogP contribution is -2.27. The fourth-order valence-electron chi connectivity index (χ4n) is 2.05. The van der Waals surface area contributed by atoms with Gasteiger partial charge in [0, 0.05) is 18.0 Å². The first-order valence-electron chi connectivity index (χ1n) is 6.24. The van der Waals surface area contributed by atoms with Gasteiger partial charge in [0.15, 0.2) is 0 Å². The maximum Gasteiger partial charge on any atom is 0.202 e. The Bertz CT molecular complexity index is 372. The van der Waals surface area contributed by atoms with Gasteiger partial charge in [-0.3, -0.25) is 0 Å². The van der Waals surface area contributed by atoms with Crippen molar-refractivity contribution in [1.29, 1.82) is 0 Å². The van der Waals surface area contributed by atoms with Crippen LogP contribution in [-0.2, 0) is 16.0 Å². The molecule has 3 rings (SSSR count). The van der Waals surface area contributed by atoms with Gasteiger partial charge in [0.1, 0.15) is 10.7 Å². The molecule has 1 aliphatic carbocycles. The molecule has 5 heteroatoms. The third-order valence-corrected chi connectivity index (χ3v) is 4.20. The highest BCUT2D eigenvalue weighted by molar-refractivity contribution is 7.09. The second-order valence-corrected chi connectivity index (χ2v) is 5.69. The first kappa shape index (κ1) is 11.6. The molecule has 1 atom stereocenters. The van der Waals surface area contributed by atoms with E-state index >= 15 is 0 Å². The van der Waals surface area contributed by atoms with Crippen LogP contribution in [0.5, 0.6) is 0 Å². The minimum atomic E-state index is -0.235. The molecule has 1 saturated heterocycles. The van der Waals surface area contributed by atoms with Crippen LogP contribution in [-0.4, -0.2) is 24.2 Å². The van der Waals surface area contributed by atoms with Crippen molar-refractivity contribution in [3.05, 3.63) is 16.1 Å². The van der Waals surface area contributed by atoms with E-state index in [1.165, 1.54) is 12.8 Å². The average molecular weight is 254 g/mol. The normalized spacial score (nSPS) is 23.1. The number of thiazole rings is 1. The highest BCUT2D eigenvalue weighted by atomic mass is 32.1. The van der Waals surface area contributed by atoms with Crippen LogP contribution in [0.15, 0.2) is 5.38 Å². The van der Waals surface area contributed by atoms with E-state index in [1.807, 2.05) is 5.38 Å². The molecular formula is C12H18N2O2S. The molecule has 1 aromatic heterocycles. The Balaban J connectivity index is 1.52. The molecule has 0 bridgehead atoms. The van der Waals surface area contributed by atoms with Gasteiger partial charge < -0.3 is 14.8 Å². The van der Waals surface area contributed by atoms with Gasteiger partial charge in [-0.2, -0.15) is 0 Å². The summed E-state index contributed by atoms with van der Waals surface area (Å²) in [7, 11) is 0. The maximum absolute atomic E-state index is 5.43. The standard InChI is InChI=1S/C12H18N2O2S/c1-8(9-2-3-9)13-6-11-14-10(7-17-11)12-15-4-5-16-12/h7-9,12-13H,2-6H2,1H3/t8-/m0/s1. The molecule has 17 heavy (non-hydrogen) atoms. The van der Waals surface area contributed by atoms with E-state index in [9.17, 15) is 0 Å². The number of hydrogen-bond acceptors (Lipinski definition) is 5. The van der Waals surface area contributed by atoms with Crippen LogP contribution in [0.25, 0.3) is 0 Å². The summed E-state index contributed by atoms with van der Waals surface area (Å²) in [5.74, 6) is 0.885. The maximum atomic E-state index is 5.43. The number of rotatable bonds is 5. The van der Waals surface area contributed by atoms with Gasteiger partial charge in [-0.15, -0.1) is 11.3 Å². The number of hydrogen-bond donors (Lipinski definition) is 1. The van der Waals surface area contributed by atoms with E-state index in [2.05, 4.69) is 17.2 Å². The minimum Gasteiger partial charge on any atom is -0.345 e. The fraction of sp³-hybridized carbons (Fsp3) is 0.750. The van der Waals surface area contributed by atoms with E-state index in [0.717, 1.165) is 23.2 Å². The number of nitrogens with zero attached hydrogens (tertiary/aromatic N) is 1. The summed E-state index contributed by atoms with van der Waals surface area (Å²) in [5, 5.41) is 6.68. The number of aromatic nitrogens is 1. The van der Waals surface area contributed by atoms with Crippen molar-refractivity contribution in [3.63, 3.8) is 0 Å². The number of nitrogens with one attached hydrogen (secondary N) is 1. The molecule has 0 amide bonds. The third kappa shape index (κ3) is 2.85. The van der Waals surface area contributed by atoms with Crippen molar-refractivity contribution < 1.29 is 9.47 Å². The molecule has 94 valence electrons. The lowest BCUT2D eigenvalue weighted by Gasteiger charge is -2.10. The molecule has 2 heterocycles. The Kier molecular flexibility index (Phi) is 3.42. The van der Waals surface area contributed by atoms with Gasteiger partial charge in [-0.1, -0.05) is 0 Å². The summed E-state index contributed by atoms with van der Waals surface area (Å²) in [6, 6.07) is 0.612. The summed E-state index contributed by atoms with van der Waals surface area (Å²) in [6.45, 7) is 4.47. The van der Waals surface area contributed by atoms with Crippen molar-refractivity contribution in [1.82, 2.24) is 10.3 Å². The van der Waals surface area contributed by atoms with Crippen LogP contribution >= 0.6 is 11.3 Å². The van der Waals surface area contributed by atoms with Crippen molar-refractivity contribution in [2.45, 2.75) is 38.6 Å². The fourth-order valence-corrected chi connectivity index (χ4v) is 2.80. The molecule has 1 aliphatic heterocycles. The lowest BCUT2D eigenvalue weighted by atomic mass is 10.2. The van der Waals surface area contributed by atoms with Gasteiger partial charge in [0.05, 0.1) is 13.2 Å². The lowest BCUT2D eigenvalue weighted by molar-refractivity contribution is -0.0469. The van der Waals surface area contributed by atoms with Crippen LogP contribution in [0.3, 0.4) is 0 Å². The zero-order valence-electron chi connectivity index (χ0n) is 10.0. The molecule has 2 fully saturated rings. The van der Waals surface area contributed by atoms with E-state index in [1.54, 1.807) is 11.3 Å². The summed E-state index contributed by atoms with van der Waals surface area (Å²) in [5.41, 5.74) is 0.920. The van der Waals surface area contributed by atoms with E-state index < -0.39 is 0 Å². The number of ether oxygens (including phenoxy) is 2. The molecule has 1 saturated carbocycles. The average Bonchev–Trinajstić information content (AvgIpc) is 2.87. The van der Waals surface area contributed by atoms with E-state index in [-0.39, 0.29) is 6.29 Å². The molecule has 4 nitrogen and oxygen atoms in total. The zero-order valence-corrected chi connectivity index (χ0v) is 10.8. The highest BCUT2D eigenvalue weighted by Gasteiger charge is 2.27.